The standard InChI is InChI=1S/C8H14O/c1-8(2)6-4-3-5-7-9/h3-5,7-9H,6H2,1-2H3. The SMILES string of the molecule is CC(C)CC=CC=CO. The summed E-state index contributed by atoms with van der Waals surface area (Å²) in [6.07, 6.45) is 7.61. The van der Waals surface area contributed by atoms with Gasteiger partial charge in [-0.1, -0.05) is 26.0 Å². The van der Waals surface area contributed by atoms with E-state index in [-0.39, 0.29) is 0 Å². The molecule has 52 valence electrons. The molecule has 0 aliphatic rings. The predicted molar refractivity (Wildman–Crippen MR) is 40.4 cm³/mol. The molecule has 0 fully saturated rings. The van der Waals surface area contributed by atoms with Crippen molar-refractivity contribution in [3.8, 4) is 0 Å². The Labute approximate surface area is 56.7 Å². The molecule has 0 atom stereocenters. The molecule has 0 amide bonds. The maximum absolute atomic E-state index is 8.20. The molecule has 0 aromatic carbocycles. The Kier molecular flexibility index (Phi) is 4.98. The summed E-state index contributed by atoms with van der Waals surface area (Å²) >= 11 is 0. The van der Waals surface area contributed by atoms with Crippen molar-refractivity contribution in [2.24, 2.45) is 5.92 Å². The highest BCUT2D eigenvalue weighted by Crippen LogP contribution is 1.99. The number of allylic oxidation sites excluding steroid dienone is 3. The second kappa shape index (κ2) is 5.42. The lowest BCUT2D eigenvalue weighted by Gasteiger charge is -1.94. The van der Waals surface area contributed by atoms with Crippen molar-refractivity contribution in [1.29, 1.82) is 0 Å². The maximum atomic E-state index is 8.20. The van der Waals surface area contributed by atoms with Crippen LogP contribution in [-0.2, 0) is 0 Å². The van der Waals surface area contributed by atoms with E-state index in [2.05, 4.69) is 13.8 Å². The summed E-state index contributed by atoms with van der Waals surface area (Å²) in [5.74, 6) is 0.702. The summed E-state index contributed by atoms with van der Waals surface area (Å²) in [5.41, 5.74) is 0. The van der Waals surface area contributed by atoms with Crippen LogP contribution in [0, 0.1) is 5.92 Å². The van der Waals surface area contributed by atoms with Gasteiger partial charge in [-0.15, -0.1) is 0 Å². The molecule has 0 aliphatic carbocycles. The minimum atomic E-state index is 0.702. The van der Waals surface area contributed by atoms with Crippen LogP contribution in [0.5, 0.6) is 0 Å². The van der Waals surface area contributed by atoms with Gasteiger partial charge in [0, 0.05) is 0 Å². The minimum Gasteiger partial charge on any atom is -0.516 e. The van der Waals surface area contributed by atoms with Gasteiger partial charge in [-0.2, -0.15) is 0 Å². The average molecular weight is 126 g/mol. The number of aliphatic hydroxyl groups is 1. The normalized spacial score (nSPS) is 12.3. The van der Waals surface area contributed by atoms with E-state index >= 15 is 0 Å². The van der Waals surface area contributed by atoms with Gasteiger partial charge >= 0.3 is 0 Å². The lowest BCUT2D eigenvalue weighted by atomic mass is 10.1. The smallest absolute Gasteiger partial charge is 0.0791 e. The van der Waals surface area contributed by atoms with Gasteiger partial charge in [0.15, 0.2) is 0 Å². The fourth-order valence-electron chi connectivity index (χ4n) is 0.479. The Morgan fingerprint density at radius 3 is 2.44 bits per heavy atom. The van der Waals surface area contributed by atoms with E-state index < -0.39 is 0 Å². The summed E-state index contributed by atoms with van der Waals surface area (Å²) in [4.78, 5) is 0. The van der Waals surface area contributed by atoms with Crippen LogP contribution < -0.4 is 0 Å². The zero-order valence-corrected chi connectivity index (χ0v) is 6.04. The molecule has 0 aromatic heterocycles. The van der Waals surface area contributed by atoms with Crippen LogP contribution in [-0.4, -0.2) is 5.11 Å². The summed E-state index contributed by atoms with van der Waals surface area (Å²) in [7, 11) is 0. The lowest BCUT2D eigenvalue weighted by molar-refractivity contribution is 0.473. The zero-order chi connectivity index (χ0) is 7.11. The van der Waals surface area contributed by atoms with Crippen molar-refractivity contribution in [1.82, 2.24) is 0 Å². The third-order valence-corrected chi connectivity index (χ3v) is 0.941. The van der Waals surface area contributed by atoms with Crippen molar-refractivity contribution in [3.05, 3.63) is 24.5 Å². The molecule has 0 rings (SSSR count). The van der Waals surface area contributed by atoms with E-state index in [1.807, 2.05) is 12.2 Å². The van der Waals surface area contributed by atoms with Crippen LogP contribution in [0.25, 0.3) is 0 Å². The number of hydrogen-bond acceptors (Lipinski definition) is 1. The second-order valence-electron chi connectivity index (χ2n) is 2.40. The first-order valence-corrected chi connectivity index (χ1v) is 3.23. The molecule has 9 heavy (non-hydrogen) atoms. The third-order valence-electron chi connectivity index (χ3n) is 0.941. The Bertz CT molecular complexity index is 101. The number of hydrogen-bond donors (Lipinski definition) is 1. The van der Waals surface area contributed by atoms with E-state index in [1.165, 1.54) is 0 Å². The molecule has 0 saturated heterocycles. The van der Waals surface area contributed by atoms with Crippen LogP contribution in [0.1, 0.15) is 20.3 Å². The topological polar surface area (TPSA) is 20.2 Å². The molecule has 0 heterocycles. The largest absolute Gasteiger partial charge is 0.516 e. The van der Waals surface area contributed by atoms with Crippen molar-refractivity contribution in [2.75, 3.05) is 0 Å². The van der Waals surface area contributed by atoms with Crippen molar-refractivity contribution >= 4 is 0 Å². The summed E-state index contributed by atoms with van der Waals surface area (Å²) in [6, 6.07) is 0. The van der Waals surface area contributed by atoms with Crippen molar-refractivity contribution in [2.45, 2.75) is 20.3 Å². The van der Waals surface area contributed by atoms with Gasteiger partial charge in [0.1, 0.15) is 0 Å². The molecule has 0 aliphatic heterocycles. The monoisotopic (exact) mass is 126 g/mol. The van der Waals surface area contributed by atoms with Crippen LogP contribution >= 0.6 is 0 Å². The molecular weight excluding hydrogens is 112 g/mol. The third kappa shape index (κ3) is 7.28. The minimum absolute atomic E-state index is 0.702. The first-order chi connectivity index (χ1) is 4.27. The molecule has 0 bridgehead atoms. The molecule has 0 radical (unpaired) electrons. The van der Waals surface area contributed by atoms with Crippen LogP contribution in [0.3, 0.4) is 0 Å². The molecule has 1 heteroatoms. The molecule has 0 aromatic rings. The van der Waals surface area contributed by atoms with E-state index in [9.17, 15) is 0 Å². The lowest BCUT2D eigenvalue weighted by Crippen LogP contribution is -1.80. The fraction of sp³-hybridized carbons (Fsp3) is 0.500. The molecule has 0 saturated carbocycles. The van der Waals surface area contributed by atoms with Crippen LogP contribution in [0.15, 0.2) is 24.5 Å². The highest BCUT2D eigenvalue weighted by atomic mass is 16.2. The quantitative estimate of drug-likeness (QED) is 0.455. The number of rotatable bonds is 3. The van der Waals surface area contributed by atoms with Gasteiger partial charge < -0.3 is 5.11 Å². The molecule has 1 N–H and O–H groups in total. The first-order valence-electron chi connectivity index (χ1n) is 3.23. The Hall–Kier alpha value is -0.720. The van der Waals surface area contributed by atoms with E-state index in [4.69, 9.17) is 5.11 Å². The van der Waals surface area contributed by atoms with E-state index in [0.717, 1.165) is 12.7 Å². The van der Waals surface area contributed by atoms with Crippen molar-refractivity contribution < 1.29 is 5.11 Å². The Morgan fingerprint density at radius 1 is 1.33 bits per heavy atom. The second-order valence-corrected chi connectivity index (χ2v) is 2.40. The Morgan fingerprint density at radius 2 is 2.00 bits per heavy atom. The average Bonchev–Trinajstić information content (AvgIpc) is 1.80. The van der Waals surface area contributed by atoms with Gasteiger partial charge in [0.05, 0.1) is 6.26 Å². The van der Waals surface area contributed by atoms with Gasteiger partial charge in [0.2, 0.25) is 0 Å². The Balaban J connectivity index is 3.25. The highest BCUT2D eigenvalue weighted by Gasteiger charge is 1.84. The summed E-state index contributed by atoms with van der Waals surface area (Å²) in [6.45, 7) is 4.32. The molecule has 1 nitrogen and oxygen atoms in total. The first kappa shape index (κ1) is 8.28. The van der Waals surface area contributed by atoms with Gasteiger partial charge in [-0.25, -0.2) is 0 Å². The molecular formula is C8H14O. The van der Waals surface area contributed by atoms with E-state index in [0.29, 0.717) is 5.92 Å². The fourth-order valence-corrected chi connectivity index (χ4v) is 0.479. The molecule has 0 spiro atoms. The maximum Gasteiger partial charge on any atom is 0.0791 e. The number of aliphatic hydroxyl groups excluding tert-OH is 1. The zero-order valence-electron chi connectivity index (χ0n) is 6.04. The van der Waals surface area contributed by atoms with Crippen molar-refractivity contribution in [3.63, 3.8) is 0 Å². The highest BCUT2D eigenvalue weighted by molar-refractivity contribution is 4.99. The van der Waals surface area contributed by atoms with Gasteiger partial charge in [-0.3, -0.25) is 0 Å². The van der Waals surface area contributed by atoms with Gasteiger partial charge in [0.25, 0.3) is 0 Å². The van der Waals surface area contributed by atoms with Gasteiger partial charge in [-0.05, 0) is 18.4 Å². The van der Waals surface area contributed by atoms with Crippen LogP contribution in [0.4, 0.5) is 0 Å². The summed E-state index contributed by atoms with van der Waals surface area (Å²) in [5, 5.41) is 8.20. The van der Waals surface area contributed by atoms with E-state index in [1.54, 1.807) is 6.08 Å². The summed E-state index contributed by atoms with van der Waals surface area (Å²) < 4.78 is 0. The predicted octanol–water partition coefficient (Wildman–Crippen LogP) is 2.66. The molecule has 0 unspecified atom stereocenters. The van der Waals surface area contributed by atoms with Crippen LogP contribution in [0.2, 0.25) is 0 Å².